The monoisotopic (exact) mass is 192 g/mol. The number of para-hydroxylation sites is 1. The summed E-state index contributed by atoms with van der Waals surface area (Å²) in [4.78, 5) is 11.7. The minimum atomic E-state index is -0.0605. The summed E-state index contributed by atoms with van der Waals surface area (Å²) in [5.74, 6) is 1.28. The number of benzene rings is 1. The molecule has 0 aliphatic carbocycles. The van der Waals surface area contributed by atoms with Gasteiger partial charge in [0.15, 0.2) is 17.3 Å². The Morgan fingerprint density at radius 1 is 1.50 bits per heavy atom. The molecule has 3 heteroatoms. The Balaban J connectivity index is 2.52. The summed E-state index contributed by atoms with van der Waals surface area (Å²) in [7, 11) is 1.57. The van der Waals surface area contributed by atoms with E-state index in [1.54, 1.807) is 25.3 Å². The van der Waals surface area contributed by atoms with Crippen molar-refractivity contribution in [2.24, 2.45) is 5.92 Å². The van der Waals surface area contributed by atoms with Crippen LogP contribution in [0.2, 0.25) is 0 Å². The number of fused-ring (bicyclic) bond motifs is 1. The van der Waals surface area contributed by atoms with Crippen molar-refractivity contribution < 1.29 is 14.3 Å². The molecule has 0 spiro atoms. The van der Waals surface area contributed by atoms with Gasteiger partial charge in [-0.15, -0.1) is 0 Å². The molecular weight excluding hydrogens is 180 g/mol. The van der Waals surface area contributed by atoms with Gasteiger partial charge in [0.05, 0.1) is 25.2 Å². The highest BCUT2D eigenvalue weighted by Gasteiger charge is 2.27. The lowest BCUT2D eigenvalue weighted by Gasteiger charge is -2.22. The van der Waals surface area contributed by atoms with Crippen molar-refractivity contribution in [2.45, 2.75) is 6.92 Å². The average Bonchev–Trinajstić information content (AvgIpc) is 2.23. The van der Waals surface area contributed by atoms with Gasteiger partial charge in [0.1, 0.15) is 0 Å². The van der Waals surface area contributed by atoms with Crippen LogP contribution in [0.3, 0.4) is 0 Å². The largest absolute Gasteiger partial charge is 0.493 e. The Labute approximate surface area is 82.6 Å². The van der Waals surface area contributed by atoms with Crippen molar-refractivity contribution in [1.29, 1.82) is 0 Å². The number of carbonyl (C=O) groups excluding carboxylic acids is 1. The molecule has 1 unspecified atom stereocenters. The third-order valence-electron chi connectivity index (χ3n) is 2.39. The maximum absolute atomic E-state index is 11.7. The quantitative estimate of drug-likeness (QED) is 0.681. The molecule has 74 valence electrons. The zero-order valence-electron chi connectivity index (χ0n) is 8.24. The number of ether oxygens (including phenoxy) is 2. The van der Waals surface area contributed by atoms with E-state index in [-0.39, 0.29) is 11.7 Å². The van der Waals surface area contributed by atoms with Crippen molar-refractivity contribution in [3.63, 3.8) is 0 Å². The van der Waals surface area contributed by atoms with Gasteiger partial charge >= 0.3 is 0 Å². The molecular formula is C11H12O3. The first-order valence-electron chi connectivity index (χ1n) is 4.58. The molecule has 0 amide bonds. The average molecular weight is 192 g/mol. The first-order valence-corrected chi connectivity index (χ1v) is 4.58. The van der Waals surface area contributed by atoms with Crippen LogP contribution in [0.15, 0.2) is 18.2 Å². The summed E-state index contributed by atoms with van der Waals surface area (Å²) >= 11 is 0. The topological polar surface area (TPSA) is 35.5 Å². The smallest absolute Gasteiger partial charge is 0.172 e. The lowest BCUT2D eigenvalue weighted by molar-refractivity contribution is 0.0844. The molecule has 0 fully saturated rings. The molecule has 0 bridgehead atoms. The Morgan fingerprint density at radius 3 is 3.00 bits per heavy atom. The molecule has 0 radical (unpaired) electrons. The van der Waals surface area contributed by atoms with E-state index in [1.807, 2.05) is 6.92 Å². The SMILES string of the molecule is COc1cccc2c1OCC(C)C2=O. The van der Waals surface area contributed by atoms with Gasteiger partial charge in [-0.3, -0.25) is 4.79 Å². The van der Waals surface area contributed by atoms with E-state index in [9.17, 15) is 4.79 Å². The van der Waals surface area contributed by atoms with Crippen LogP contribution in [0.5, 0.6) is 11.5 Å². The van der Waals surface area contributed by atoms with Gasteiger partial charge in [-0.05, 0) is 12.1 Å². The van der Waals surface area contributed by atoms with E-state index in [0.29, 0.717) is 23.7 Å². The Kier molecular flexibility index (Phi) is 2.15. The Bertz CT molecular complexity index is 371. The van der Waals surface area contributed by atoms with Gasteiger partial charge in [0.2, 0.25) is 0 Å². The van der Waals surface area contributed by atoms with E-state index >= 15 is 0 Å². The second-order valence-corrected chi connectivity index (χ2v) is 3.41. The highest BCUT2D eigenvalue weighted by molar-refractivity contribution is 6.01. The van der Waals surface area contributed by atoms with Crippen LogP contribution in [0, 0.1) is 5.92 Å². The zero-order chi connectivity index (χ0) is 10.1. The predicted molar refractivity (Wildman–Crippen MR) is 52.0 cm³/mol. The van der Waals surface area contributed by atoms with Crippen molar-refractivity contribution in [3.05, 3.63) is 23.8 Å². The van der Waals surface area contributed by atoms with Crippen LogP contribution in [0.1, 0.15) is 17.3 Å². The highest BCUT2D eigenvalue weighted by atomic mass is 16.5. The molecule has 0 aromatic heterocycles. The van der Waals surface area contributed by atoms with Gasteiger partial charge in [-0.1, -0.05) is 13.0 Å². The van der Waals surface area contributed by atoms with Crippen molar-refractivity contribution >= 4 is 5.78 Å². The number of Topliss-reactive ketones (excluding diaryl/α,β-unsaturated/α-hetero) is 1. The van der Waals surface area contributed by atoms with Gasteiger partial charge < -0.3 is 9.47 Å². The van der Waals surface area contributed by atoms with E-state index in [2.05, 4.69) is 0 Å². The maximum atomic E-state index is 11.7. The summed E-state index contributed by atoms with van der Waals surface area (Å²) < 4.78 is 10.6. The van der Waals surface area contributed by atoms with E-state index in [0.717, 1.165) is 0 Å². The summed E-state index contributed by atoms with van der Waals surface area (Å²) in [6.07, 6.45) is 0. The van der Waals surface area contributed by atoms with Crippen LogP contribution in [0.4, 0.5) is 0 Å². The molecule has 14 heavy (non-hydrogen) atoms. The molecule has 1 aromatic carbocycles. The minimum absolute atomic E-state index is 0.0605. The fourth-order valence-corrected chi connectivity index (χ4v) is 1.57. The molecule has 1 aliphatic rings. The fraction of sp³-hybridized carbons (Fsp3) is 0.364. The van der Waals surface area contributed by atoms with Crippen LogP contribution in [0.25, 0.3) is 0 Å². The zero-order valence-corrected chi connectivity index (χ0v) is 8.24. The summed E-state index contributed by atoms with van der Waals surface area (Å²) in [6.45, 7) is 2.30. The van der Waals surface area contributed by atoms with Crippen molar-refractivity contribution in [3.8, 4) is 11.5 Å². The molecule has 1 heterocycles. The molecule has 2 rings (SSSR count). The number of hydrogen-bond donors (Lipinski definition) is 0. The second kappa shape index (κ2) is 3.33. The second-order valence-electron chi connectivity index (χ2n) is 3.41. The molecule has 0 saturated heterocycles. The van der Waals surface area contributed by atoms with Crippen LogP contribution < -0.4 is 9.47 Å². The third-order valence-corrected chi connectivity index (χ3v) is 2.39. The van der Waals surface area contributed by atoms with Crippen LogP contribution in [-0.2, 0) is 0 Å². The van der Waals surface area contributed by atoms with Gasteiger partial charge in [-0.2, -0.15) is 0 Å². The fourth-order valence-electron chi connectivity index (χ4n) is 1.57. The van der Waals surface area contributed by atoms with Crippen molar-refractivity contribution in [2.75, 3.05) is 13.7 Å². The van der Waals surface area contributed by atoms with E-state index < -0.39 is 0 Å². The number of methoxy groups -OCH3 is 1. The minimum Gasteiger partial charge on any atom is -0.493 e. The van der Waals surface area contributed by atoms with Crippen LogP contribution in [-0.4, -0.2) is 19.5 Å². The summed E-state index contributed by atoms with van der Waals surface area (Å²) in [6, 6.07) is 5.37. The predicted octanol–water partition coefficient (Wildman–Crippen LogP) is 1.91. The maximum Gasteiger partial charge on any atom is 0.172 e. The molecule has 1 atom stereocenters. The first kappa shape index (κ1) is 9.06. The van der Waals surface area contributed by atoms with E-state index in [1.165, 1.54) is 0 Å². The first-order chi connectivity index (χ1) is 6.74. The van der Waals surface area contributed by atoms with E-state index in [4.69, 9.17) is 9.47 Å². The lowest BCUT2D eigenvalue weighted by atomic mass is 9.96. The number of ketones is 1. The van der Waals surface area contributed by atoms with Gasteiger partial charge in [0.25, 0.3) is 0 Å². The molecule has 1 aromatic rings. The number of carbonyl (C=O) groups is 1. The van der Waals surface area contributed by atoms with Gasteiger partial charge in [0, 0.05) is 0 Å². The third kappa shape index (κ3) is 1.25. The molecule has 1 aliphatic heterocycles. The lowest BCUT2D eigenvalue weighted by Crippen LogP contribution is -2.25. The summed E-state index contributed by atoms with van der Waals surface area (Å²) in [5.41, 5.74) is 0.628. The molecule has 3 nitrogen and oxygen atoms in total. The molecule has 0 saturated carbocycles. The van der Waals surface area contributed by atoms with Gasteiger partial charge in [-0.25, -0.2) is 0 Å². The Morgan fingerprint density at radius 2 is 2.29 bits per heavy atom. The Hall–Kier alpha value is -1.51. The number of hydrogen-bond acceptors (Lipinski definition) is 3. The number of rotatable bonds is 1. The molecule has 0 N–H and O–H groups in total. The van der Waals surface area contributed by atoms with Crippen molar-refractivity contribution in [1.82, 2.24) is 0 Å². The van der Waals surface area contributed by atoms with Crippen LogP contribution >= 0.6 is 0 Å². The highest BCUT2D eigenvalue weighted by Crippen LogP contribution is 2.35. The normalized spacial score (nSPS) is 19.9. The standard InChI is InChI=1S/C11H12O3/c1-7-6-14-11-8(10(7)12)4-3-5-9(11)13-2/h3-5,7H,6H2,1-2H3. The summed E-state index contributed by atoms with van der Waals surface area (Å²) in [5, 5.41) is 0.